The van der Waals surface area contributed by atoms with Gasteiger partial charge in [0.25, 0.3) is 5.91 Å². The van der Waals surface area contributed by atoms with E-state index in [-0.39, 0.29) is 36.0 Å². The number of hydrogen-bond donors (Lipinski definition) is 1. The van der Waals surface area contributed by atoms with Crippen LogP contribution < -0.4 is 5.32 Å². The summed E-state index contributed by atoms with van der Waals surface area (Å²) in [6.45, 7) is 6.23. The number of ether oxygens (including phenoxy) is 1. The molecule has 3 aliphatic rings. The number of amides is 1. The Bertz CT molecular complexity index is 734. The molecule has 0 spiro atoms. The Kier molecular flexibility index (Phi) is 4.77. The summed E-state index contributed by atoms with van der Waals surface area (Å²) >= 11 is 0. The number of aromatic nitrogens is 2. The molecule has 27 heavy (non-hydrogen) atoms. The molecule has 0 aliphatic heterocycles. The lowest BCUT2D eigenvalue weighted by atomic mass is 9.89. The van der Waals surface area contributed by atoms with Gasteiger partial charge in [-0.2, -0.15) is 5.10 Å². The number of fused-ring (bicyclic) bond motifs is 3. The summed E-state index contributed by atoms with van der Waals surface area (Å²) in [7, 11) is 0. The number of nitrogens with one attached hydrogen (secondary N) is 1. The average molecular weight is 373 g/mol. The largest absolute Gasteiger partial charge is 0.455 e. The van der Waals surface area contributed by atoms with Crippen molar-refractivity contribution in [1.29, 1.82) is 0 Å². The van der Waals surface area contributed by atoms with Crippen molar-refractivity contribution in [2.75, 3.05) is 6.61 Å². The van der Waals surface area contributed by atoms with Crippen molar-refractivity contribution in [3.63, 3.8) is 0 Å². The molecule has 2 fully saturated rings. The van der Waals surface area contributed by atoms with Gasteiger partial charge >= 0.3 is 5.97 Å². The van der Waals surface area contributed by atoms with E-state index in [2.05, 4.69) is 35.9 Å². The number of carbonyl (C=O) groups is 2. The minimum atomic E-state index is -0.215. The van der Waals surface area contributed by atoms with Crippen LogP contribution in [0.2, 0.25) is 0 Å². The summed E-state index contributed by atoms with van der Waals surface area (Å²) in [5.41, 5.74) is 2.23. The Morgan fingerprint density at radius 2 is 2.07 bits per heavy atom. The van der Waals surface area contributed by atoms with E-state index < -0.39 is 0 Å². The molecule has 1 N–H and O–H groups in total. The fourth-order valence-electron chi connectivity index (χ4n) is 5.30. The molecular formula is C21H31N3O3. The average Bonchev–Trinajstić information content (AvgIpc) is 3.33. The first kappa shape index (κ1) is 18.5. The highest BCUT2D eigenvalue weighted by atomic mass is 16.5. The quantitative estimate of drug-likeness (QED) is 0.823. The fraction of sp³-hybridized carbons (Fsp3) is 0.762. The van der Waals surface area contributed by atoms with Crippen molar-refractivity contribution in [3.8, 4) is 0 Å². The first-order chi connectivity index (χ1) is 12.8. The molecular weight excluding hydrogens is 342 g/mol. The second-order valence-corrected chi connectivity index (χ2v) is 9.53. The monoisotopic (exact) mass is 373 g/mol. The van der Waals surface area contributed by atoms with E-state index in [0.29, 0.717) is 11.8 Å². The van der Waals surface area contributed by atoms with Gasteiger partial charge in [-0.3, -0.25) is 14.3 Å². The van der Waals surface area contributed by atoms with Gasteiger partial charge in [0, 0.05) is 11.3 Å². The smallest absolute Gasteiger partial charge is 0.309 e. The van der Waals surface area contributed by atoms with E-state index in [0.717, 1.165) is 44.1 Å². The van der Waals surface area contributed by atoms with E-state index in [1.807, 2.05) is 6.20 Å². The van der Waals surface area contributed by atoms with Crippen molar-refractivity contribution >= 4 is 11.9 Å². The van der Waals surface area contributed by atoms with Gasteiger partial charge in [-0.05, 0) is 71.1 Å². The topological polar surface area (TPSA) is 73.2 Å². The van der Waals surface area contributed by atoms with Crippen LogP contribution in [0.5, 0.6) is 0 Å². The zero-order valence-corrected chi connectivity index (χ0v) is 16.7. The molecule has 0 aromatic carbocycles. The van der Waals surface area contributed by atoms with Crippen molar-refractivity contribution in [2.24, 2.45) is 17.8 Å². The Hall–Kier alpha value is -1.85. The number of hydrogen-bond acceptors (Lipinski definition) is 4. The lowest BCUT2D eigenvalue weighted by molar-refractivity contribution is -0.154. The van der Waals surface area contributed by atoms with E-state index in [1.165, 1.54) is 12.1 Å². The molecule has 0 radical (unpaired) electrons. The number of carbonyl (C=O) groups excluding carboxylic acids is 2. The minimum Gasteiger partial charge on any atom is -0.455 e. The summed E-state index contributed by atoms with van der Waals surface area (Å²) in [6, 6.07) is -0.0430. The molecule has 6 heteroatoms. The Morgan fingerprint density at radius 3 is 2.74 bits per heavy atom. The van der Waals surface area contributed by atoms with E-state index in [1.54, 1.807) is 0 Å². The molecule has 2 bridgehead atoms. The third-order valence-electron chi connectivity index (χ3n) is 6.54. The summed E-state index contributed by atoms with van der Waals surface area (Å²) in [5.74, 6) is 0.800. The molecule has 4 atom stereocenters. The van der Waals surface area contributed by atoms with E-state index in [9.17, 15) is 9.59 Å². The molecule has 1 heterocycles. The summed E-state index contributed by atoms with van der Waals surface area (Å²) in [5, 5.41) is 7.61. The molecule has 0 unspecified atom stereocenters. The van der Waals surface area contributed by atoms with Gasteiger partial charge in [-0.15, -0.1) is 0 Å². The molecule has 1 aromatic heterocycles. The zero-order valence-electron chi connectivity index (χ0n) is 16.7. The molecule has 148 valence electrons. The van der Waals surface area contributed by atoms with Gasteiger partial charge in [0.05, 0.1) is 23.7 Å². The molecule has 2 saturated carbocycles. The van der Waals surface area contributed by atoms with Crippen LogP contribution in [0.15, 0.2) is 6.20 Å². The van der Waals surface area contributed by atoms with Crippen LogP contribution in [0, 0.1) is 17.8 Å². The van der Waals surface area contributed by atoms with Crippen LogP contribution in [0.3, 0.4) is 0 Å². The molecule has 4 rings (SSSR count). The fourth-order valence-corrected chi connectivity index (χ4v) is 5.30. The van der Waals surface area contributed by atoms with Crippen molar-refractivity contribution < 1.29 is 14.3 Å². The Morgan fingerprint density at radius 1 is 1.26 bits per heavy atom. The summed E-state index contributed by atoms with van der Waals surface area (Å²) in [6.07, 6.45) is 9.28. The zero-order chi connectivity index (χ0) is 19.2. The highest BCUT2D eigenvalue weighted by molar-refractivity contribution is 5.81. The van der Waals surface area contributed by atoms with Gasteiger partial charge in [0.15, 0.2) is 6.61 Å². The molecule has 3 aliphatic carbocycles. The first-order valence-electron chi connectivity index (χ1n) is 10.4. The number of nitrogens with zero attached hydrogens (tertiary/aromatic N) is 2. The highest BCUT2D eigenvalue weighted by Crippen LogP contribution is 2.48. The predicted molar refractivity (Wildman–Crippen MR) is 101 cm³/mol. The van der Waals surface area contributed by atoms with Gasteiger partial charge in [-0.1, -0.05) is 6.42 Å². The van der Waals surface area contributed by atoms with Gasteiger partial charge in [0.1, 0.15) is 0 Å². The second-order valence-electron chi connectivity index (χ2n) is 9.53. The van der Waals surface area contributed by atoms with Gasteiger partial charge in [0.2, 0.25) is 0 Å². The molecule has 1 amide bonds. The van der Waals surface area contributed by atoms with Crippen molar-refractivity contribution in [3.05, 3.63) is 17.5 Å². The Balaban J connectivity index is 1.33. The maximum absolute atomic E-state index is 12.4. The summed E-state index contributed by atoms with van der Waals surface area (Å²) in [4.78, 5) is 24.7. The molecule has 0 saturated heterocycles. The number of rotatable bonds is 4. The third kappa shape index (κ3) is 3.63. The Labute approximate surface area is 161 Å². The first-order valence-corrected chi connectivity index (χ1v) is 10.4. The standard InChI is InChI=1S/C21H31N3O3/c1-21(2,3)24-18-6-4-5-17(16(18)11-22-24)23-19(25)12-27-20(26)15-10-13-7-8-14(15)9-13/h11,13-15,17H,4-10,12H2,1-3H3,(H,23,25)/t13-,14-,15-,17+/m0/s1. The second kappa shape index (κ2) is 6.95. The third-order valence-corrected chi connectivity index (χ3v) is 6.54. The van der Waals surface area contributed by atoms with Crippen LogP contribution in [0.1, 0.15) is 76.6 Å². The normalized spacial score (nSPS) is 29.4. The minimum absolute atomic E-state index is 0.0165. The van der Waals surface area contributed by atoms with Crippen molar-refractivity contribution in [2.45, 2.75) is 77.3 Å². The maximum Gasteiger partial charge on any atom is 0.309 e. The van der Waals surface area contributed by atoms with Crippen LogP contribution in [-0.4, -0.2) is 28.3 Å². The van der Waals surface area contributed by atoms with Crippen LogP contribution in [0.25, 0.3) is 0 Å². The van der Waals surface area contributed by atoms with Crippen LogP contribution >= 0.6 is 0 Å². The van der Waals surface area contributed by atoms with Crippen LogP contribution in [-0.2, 0) is 26.3 Å². The van der Waals surface area contributed by atoms with Gasteiger partial charge in [-0.25, -0.2) is 0 Å². The lowest BCUT2D eigenvalue weighted by Gasteiger charge is -2.28. The molecule has 1 aromatic rings. The van der Waals surface area contributed by atoms with E-state index >= 15 is 0 Å². The SMILES string of the molecule is CC(C)(C)n1ncc2c1CCC[C@H]2NC(=O)COC(=O)[C@H]1C[C@H]2CC[C@H]1C2. The predicted octanol–water partition coefficient (Wildman–Crippen LogP) is 3.11. The summed E-state index contributed by atoms with van der Waals surface area (Å²) < 4.78 is 7.42. The number of esters is 1. The lowest BCUT2D eigenvalue weighted by Crippen LogP contribution is -2.36. The molecule has 6 nitrogen and oxygen atoms in total. The van der Waals surface area contributed by atoms with Crippen LogP contribution in [0.4, 0.5) is 0 Å². The maximum atomic E-state index is 12.4. The highest BCUT2D eigenvalue weighted by Gasteiger charge is 2.44. The van der Waals surface area contributed by atoms with Crippen molar-refractivity contribution in [1.82, 2.24) is 15.1 Å². The van der Waals surface area contributed by atoms with E-state index in [4.69, 9.17) is 4.74 Å². The van der Waals surface area contributed by atoms with Gasteiger partial charge < -0.3 is 10.1 Å².